The van der Waals surface area contributed by atoms with E-state index in [4.69, 9.17) is 4.74 Å². The summed E-state index contributed by atoms with van der Waals surface area (Å²) in [5.41, 5.74) is 3.17. The van der Waals surface area contributed by atoms with Gasteiger partial charge in [-0.05, 0) is 49.7 Å². The lowest BCUT2D eigenvalue weighted by atomic mass is 9.75. The molecule has 1 heterocycles. The fraction of sp³-hybridized carbons (Fsp3) is 0.625. The highest BCUT2D eigenvalue weighted by atomic mass is 16.5. The first kappa shape index (κ1) is 12.0. The monoisotopic (exact) mass is 245 g/mol. The van der Waals surface area contributed by atoms with Gasteiger partial charge in [0.15, 0.2) is 0 Å². The number of aryl methyl sites for hydroxylation is 1. The van der Waals surface area contributed by atoms with E-state index in [2.05, 4.69) is 36.5 Å². The van der Waals surface area contributed by atoms with E-state index in [0.717, 1.165) is 13.2 Å². The van der Waals surface area contributed by atoms with Crippen LogP contribution in [-0.2, 0) is 4.74 Å². The summed E-state index contributed by atoms with van der Waals surface area (Å²) in [7, 11) is 0. The predicted molar refractivity (Wildman–Crippen MR) is 74.9 cm³/mol. The summed E-state index contributed by atoms with van der Waals surface area (Å²) in [5.74, 6) is 0. The van der Waals surface area contributed by atoms with Crippen LogP contribution in [0.4, 0.5) is 5.69 Å². The molecule has 2 heteroatoms. The number of para-hydroxylation sites is 1. The lowest BCUT2D eigenvalue weighted by Crippen LogP contribution is -2.40. The largest absolute Gasteiger partial charge is 0.382 e. The molecule has 0 amide bonds. The maximum atomic E-state index is 5.55. The Bertz CT molecular complexity index is 409. The number of nitrogens with one attached hydrogen (secondary N) is 1. The zero-order chi connectivity index (χ0) is 12.4. The molecule has 1 saturated heterocycles. The molecule has 98 valence electrons. The molecule has 0 bridgehead atoms. The molecular weight excluding hydrogens is 222 g/mol. The Kier molecular flexibility index (Phi) is 3.29. The molecule has 1 aliphatic carbocycles. The first-order valence-electron chi connectivity index (χ1n) is 7.20. The third-order valence-electron chi connectivity index (χ3n) is 4.87. The van der Waals surface area contributed by atoms with E-state index < -0.39 is 0 Å². The highest BCUT2D eigenvalue weighted by Crippen LogP contribution is 2.47. The second kappa shape index (κ2) is 4.93. The number of hydrogen-bond acceptors (Lipinski definition) is 2. The molecule has 2 nitrogen and oxygen atoms in total. The maximum Gasteiger partial charge on any atom is 0.0472 e. The zero-order valence-corrected chi connectivity index (χ0v) is 11.2. The number of anilines is 1. The van der Waals surface area contributed by atoms with Crippen LogP contribution in [0, 0.1) is 12.3 Å². The Morgan fingerprint density at radius 3 is 2.72 bits per heavy atom. The number of benzene rings is 1. The molecule has 2 aliphatic rings. The fourth-order valence-electron chi connectivity index (χ4n) is 3.66. The topological polar surface area (TPSA) is 21.3 Å². The van der Waals surface area contributed by atoms with Gasteiger partial charge in [-0.25, -0.2) is 0 Å². The molecule has 1 unspecified atom stereocenters. The van der Waals surface area contributed by atoms with Crippen molar-refractivity contribution < 1.29 is 4.74 Å². The molecule has 18 heavy (non-hydrogen) atoms. The SMILES string of the molecule is Cc1ccccc1NC1CCCC12CCOCC2. The molecule has 1 aromatic rings. The first-order valence-corrected chi connectivity index (χ1v) is 7.20. The molecule has 1 aliphatic heterocycles. The fourth-order valence-corrected chi connectivity index (χ4v) is 3.66. The third kappa shape index (κ3) is 2.14. The normalized spacial score (nSPS) is 26.4. The summed E-state index contributed by atoms with van der Waals surface area (Å²) in [6.07, 6.45) is 6.52. The predicted octanol–water partition coefficient (Wildman–Crippen LogP) is 3.76. The van der Waals surface area contributed by atoms with Crippen molar-refractivity contribution in [3.63, 3.8) is 0 Å². The van der Waals surface area contributed by atoms with Gasteiger partial charge in [0.05, 0.1) is 0 Å². The first-order chi connectivity index (χ1) is 8.80. The van der Waals surface area contributed by atoms with Crippen molar-refractivity contribution in [3.05, 3.63) is 29.8 Å². The van der Waals surface area contributed by atoms with Gasteiger partial charge in [-0.15, -0.1) is 0 Å². The van der Waals surface area contributed by atoms with Crippen molar-refractivity contribution in [2.24, 2.45) is 5.41 Å². The summed E-state index contributed by atoms with van der Waals surface area (Å²) in [6.45, 7) is 4.09. The molecule has 1 N–H and O–H groups in total. The quantitative estimate of drug-likeness (QED) is 0.856. The van der Waals surface area contributed by atoms with Gasteiger partial charge in [-0.2, -0.15) is 0 Å². The number of rotatable bonds is 2. The second-order valence-corrected chi connectivity index (χ2v) is 5.88. The van der Waals surface area contributed by atoms with E-state index in [1.807, 2.05) is 0 Å². The van der Waals surface area contributed by atoms with Crippen LogP contribution in [0.1, 0.15) is 37.7 Å². The summed E-state index contributed by atoms with van der Waals surface area (Å²) in [5, 5.41) is 3.81. The summed E-state index contributed by atoms with van der Waals surface area (Å²) < 4.78 is 5.55. The van der Waals surface area contributed by atoms with Crippen LogP contribution < -0.4 is 5.32 Å². The molecule has 2 fully saturated rings. The Labute approximate surface area is 110 Å². The molecule has 0 radical (unpaired) electrons. The van der Waals surface area contributed by atoms with Crippen molar-refractivity contribution in [1.82, 2.24) is 0 Å². The zero-order valence-electron chi connectivity index (χ0n) is 11.2. The van der Waals surface area contributed by atoms with Gasteiger partial charge in [-0.3, -0.25) is 0 Å². The van der Waals surface area contributed by atoms with E-state index in [0.29, 0.717) is 11.5 Å². The minimum atomic E-state index is 0.501. The van der Waals surface area contributed by atoms with Crippen LogP contribution in [0.3, 0.4) is 0 Å². The van der Waals surface area contributed by atoms with Crippen molar-refractivity contribution >= 4 is 5.69 Å². The van der Waals surface area contributed by atoms with Crippen molar-refractivity contribution in [2.75, 3.05) is 18.5 Å². The second-order valence-electron chi connectivity index (χ2n) is 5.88. The Balaban J connectivity index is 1.77. The lowest BCUT2D eigenvalue weighted by Gasteiger charge is -2.39. The third-order valence-corrected chi connectivity index (χ3v) is 4.87. The van der Waals surface area contributed by atoms with Gasteiger partial charge in [0.2, 0.25) is 0 Å². The number of hydrogen-bond donors (Lipinski definition) is 1. The minimum absolute atomic E-state index is 0.501. The van der Waals surface area contributed by atoms with E-state index in [9.17, 15) is 0 Å². The van der Waals surface area contributed by atoms with E-state index in [-0.39, 0.29) is 0 Å². The van der Waals surface area contributed by atoms with Crippen molar-refractivity contribution in [3.8, 4) is 0 Å². The maximum absolute atomic E-state index is 5.55. The molecule has 3 rings (SSSR count). The average Bonchev–Trinajstić information content (AvgIpc) is 2.76. The summed E-state index contributed by atoms with van der Waals surface area (Å²) in [6, 6.07) is 9.28. The van der Waals surface area contributed by atoms with Gasteiger partial charge in [0.1, 0.15) is 0 Å². The van der Waals surface area contributed by atoms with E-state index >= 15 is 0 Å². The molecule has 1 saturated carbocycles. The van der Waals surface area contributed by atoms with Crippen molar-refractivity contribution in [1.29, 1.82) is 0 Å². The van der Waals surface area contributed by atoms with Crippen LogP contribution in [0.5, 0.6) is 0 Å². The van der Waals surface area contributed by atoms with Gasteiger partial charge in [0, 0.05) is 24.9 Å². The van der Waals surface area contributed by atoms with Gasteiger partial charge < -0.3 is 10.1 Å². The minimum Gasteiger partial charge on any atom is -0.382 e. The molecule has 0 aromatic heterocycles. The summed E-state index contributed by atoms with van der Waals surface area (Å²) >= 11 is 0. The van der Waals surface area contributed by atoms with Crippen LogP contribution in [-0.4, -0.2) is 19.3 Å². The molecule has 1 aromatic carbocycles. The lowest BCUT2D eigenvalue weighted by molar-refractivity contribution is 0.0134. The smallest absolute Gasteiger partial charge is 0.0472 e. The van der Waals surface area contributed by atoms with E-state index in [1.165, 1.54) is 43.4 Å². The van der Waals surface area contributed by atoms with Crippen LogP contribution >= 0.6 is 0 Å². The Morgan fingerprint density at radius 2 is 1.94 bits per heavy atom. The van der Waals surface area contributed by atoms with Gasteiger partial charge >= 0.3 is 0 Å². The van der Waals surface area contributed by atoms with Crippen LogP contribution in [0.25, 0.3) is 0 Å². The highest BCUT2D eigenvalue weighted by Gasteiger charge is 2.43. The summed E-state index contributed by atoms with van der Waals surface area (Å²) in [4.78, 5) is 0. The van der Waals surface area contributed by atoms with Gasteiger partial charge in [-0.1, -0.05) is 24.6 Å². The Hall–Kier alpha value is -1.02. The van der Waals surface area contributed by atoms with E-state index in [1.54, 1.807) is 0 Å². The Morgan fingerprint density at radius 1 is 1.17 bits per heavy atom. The average molecular weight is 245 g/mol. The highest BCUT2D eigenvalue weighted by molar-refractivity contribution is 5.51. The standard InChI is InChI=1S/C16H23NO/c1-13-5-2-3-6-14(13)17-15-7-4-8-16(15)9-11-18-12-10-16/h2-3,5-6,15,17H,4,7-12H2,1H3. The van der Waals surface area contributed by atoms with Crippen molar-refractivity contribution in [2.45, 2.75) is 45.1 Å². The number of ether oxygens (including phenoxy) is 1. The van der Waals surface area contributed by atoms with Crippen LogP contribution in [0.2, 0.25) is 0 Å². The van der Waals surface area contributed by atoms with Gasteiger partial charge in [0.25, 0.3) is 0 Å². The van der Waals surface area contributed by atoms with Crippen LogP contribution in [0.15, 0.2) is 24.3 Å². The molecular formula is C16H23NO. The molecule has 1 atom stereocenters. The molecule has 1 spiro atoms.